The average molecular weight is 361 g/mol. The molecule has 3 nitrogen and oxygen atoms in total. The second-order valence-electron chi connectivity index (χ2n) is 9.19. The molecule has 25 heavy (non-hydrogen) atoms. The summed E-state index contributed by atoms with van der Waals surface area (Å²) in [4.78, 5) is 3.60. The Balaban J connectivity index is 1.51. The van der Waals surface area contributed by atoms with Gasteiger partial charge in [-0.25, -0.2) is 8.51 Å². The van der Waals surface area contributed by atoms with Crippen LogP contribution in [0.5, 0.6) is 0 Å². The summed E-state index contributed by atoms with van der Waals surface area (Å²) in [5, 5.41) is 0. The molecule has 4 heteroatoms. The quantitative estimate of drug-likeness (QED) is 0.768. The third-order valence-electron chi connectivity index (χ3n) is 6.49. The molecule has 1 unspecified atom stereocenters. The molecule has 1 saturated carbocycles. The lowest BCUT2D eigenvalue weighted by atomic mass is 9.87. The molecule has 0 aromatic heterocycles. The Morgan fingerprint density at radius 1 is 1.00 bits per heavy atom. The van der Waals surface area contributed by atoms with E-state index in [1.54, 1.807) is 0 Å². The summed E-state index contributed by atoms with van der Waals surface area (Å²) in [6, 6.07) is 10.1. The predicted molar refractivity (Wildman–Crippen MR) is 107 cm³/mol. The zero-order valence-electron chi connectivity index (χ0n) is 15.9. The predicted octanol–water partition coefficient (Wildman–Crippen LogP) is 3.68. The first kappa shape index (κ1) is 17.6. The number of hydrogen-bond acceptors (Lipinski definition) is 2. The van der Waals surface area contributed by atoms with Crippen molar-refractivity contribution in [2.24, 2.45) is 0 Å². The van der Waals surface area contributed by atoms with E-state index in [0.29, 0.717) is 12.1 Å². The van der Waals surface area contributed by atoms with Crippen molar-refractivity contribution in [2.75, 3.05) is 13.1 Å². The smallest absolute Gasteiger partial charge is 0.0562 e. The van der Waals surface area contributed by atoms with Gasteiger partial charge in [0.1, 0.15) is 0 Å². The molecule has 138 valence electrons. The fourth-order valence-corrected chi connectivity index (χ4v) is 6.89. The second-order valence-corrected chi connectivity index (χ2v) is 11.4. The Kier molecular flexibility index (Phi) is 4.29. The number of piperazine rings is 1. The molecule has 0 spiro atoms. The van der Waals surface area contributed by atoms with Gasteiger partial charge in [-0.05, 0) is 48.2 Å². The van der Waals surface area contributed by atoms with Gasteiger partial charge in [0.15, 0.2) is 0 Å². The van der Waals surface area contributed by atoms with Gasteiger partial charge in [0.05, 0.1) is 9.71 Å². The zero-order valence-corrected chi connectivity index (χ0v) is 16.7. The summed E-state index contributed by atoms with van der Waals surface area (Å²) >= 11 is 0. The highest BCUT2D eigenvalue weighted by Gasteiger charge is 2.48. The van der Waals surface area contributed by atoms with Crippen LogP contribution < -0.4 is 0 Å². The highest BCUT2D eigenvalue weighted by atomic mass is 32.2. The van der Waals surface area contributed by atoms with Crippen molar-refractivity contribution in [3.8, 4) is 0 Å². The third-order valence-corrected chi connectivity index (χ3v) is 8.71. The van der Waals surface area contributed by atoms with Gasteiger partial charge in [-0.15, -0.1) is 0 Å². The number of fused-ring (bicyclic) bond motifs is 2. The minimum atomic E-state index is -2.37. The van der Waals surface area contributed by atoms with E-state index in [1.165, 1.54) is 37.7 Å². The van der Waals surface area contributed by atoms with E-state index in [9.17, 15) is 4.21 Å². The summed E-state index contributed by atoms with van der Waals surface area (Å²) < 4.78 is 15.8. The molecule has 2 heterocycles. The highest BCUT2D eigenvalue weighted by Crippen LogP contribution is 2.39. The monoisotopic (exact) mass is 360 g/mol. The van der Waals surface area contributed by atoms with Crippen LogP contribution in [0.1, 0.15) is 58.4 Å². The Bertz CT molecular complexity index is 726. The van der Waals surface area contributed by atoms with Gasteiger partial charge in [-0.2, -0.15) is 0 Å². The van der Waals surface area contributed by atoms with Crippen LogP contribution in [0.2, 0.25) is 0 Å². The number of benzene rings is 1. The molecule has 3 aliphatic rings. The standard InChI is InChI=1S/C21H32N2OS/c1-21(2,3)16-9-11-20(12-10-16)25(4,24)23-15-18-13-19(23)14-22(18)17-7-5-6-8-17/h9-12,17-19H,4-8,13-15H2,1-3H3/t18-,19-,25?/m0/s1. The third kappa shape index (κ3) is 3.07. The molecule has 2 saturated heterocycles. The minimum absolute atomic E-state index is 0.120. The van der Waals surface area contributed by atoms with Gasteiger partial charge in [-0.3, -0.25) is 4.90 Å². The topological polar surface area (TPSA) is 23.6 Å². The minimum Gasteiger partial charge on any atom is -0.294 e. The first-order valence-electron chi connectivity index (χ1n) is 9.77. The summed E-state index contributed by atoms with van der Waals surface area (Å²) in [5.74, 6) is 4.19. The van der Waals surface area contributed by atoms with Crippen molar-refractivity contribution >= 4 is 15.6 Å². The molecular weight excluding hydrogens is 328 g/mol. The maximum Gasteiger partial charge on any atom is 0.0562 e. The highest BCUT2D eigenvalue weighted by molar-refractivity contribution is 7.98. The largest absolute Gasteiger partial charge is 0.294 e. The lowest BCUT2D eigenvalue weighted by Crippen LogP contribution is -2.51. The second kappa shape index (κ2) is 6.11. The molecule has 1 aliphatic carbocycles. The van der Waals surface area contributed by atoms with Crippen LogP contribution in [0.4, 0.5) is 0 Å². The van der Waals surface area contributed by atoms with E-state index < -0.39 is 9.71 Å². The first-order chi connectivity index (χ1) is 11.8. The van der Waals surface area contributed by atoms with E-state index in [2.05, 4.69) is 48.0 Å². The molecule has 0 radical (unpaired) electrons. The van der Waals surface area contributed by atoms with E-state index in [-0.39, 0.29) is 5.41 Å². The van der Waals surface area contributed by atoms with Gasteiger partial charge in [0, 0.05) is 36.1 Å². The Morgan fingerprint density at radius 3 is 2.16 bits per heavy atom. The van der Waals surface area contributed by atoms with Gasteiger partial charge in [0.25, 0.3) is 0 Å². The van der Waals surface area contributed by atoms with Crippen LogP contribution in [-0.4, -0.2) is 50.5 Å². The lowest BCUT2D eigenvalue weighted by Gasteiger charge is -2.38. The van der Waals surface area contributed by atoms with E-state index in [1.807, 2.05) is 12.1 Å². The maximum atomic E-state index is 13.6. The van der Waals surface area contributed by atoms with Crippen molar-refractivity contribution in [1.29, 1.82) is 0 Å². The molecule has 3 fully saturated rings. The van der Waals surface area contributed by atoms with Crippen LogP contribution in [-0.2, 0) is 15.1 Å². The van der Waals surface area contributed by atoms with Crippen LogP contribution in [0.25, 0.3) is 0 Å². The number of nitrogens with zero attached hydrogens (tertiary/aromatic N) is 2. The molecule has 0 amide bonds. The normalized spacial score (nSPS) is 30.8. The van der Waals surface area contributed by atoms with Crippen LogP contribution in [0.3, 0.4) is 0 Å². The summed E-state index contributed by atoms with van der Waals surface area (Å²) in [6.07, 6.45) is 6.65. The van der Waals surface area contributed by atoms with Gasteiger partial charge < -0.3 is 0 Å². The SMILES string of the molecule is C=S(=O)(c1ccc(C(C)(C)C)cc1)N1C[C@@H]2C[C@H]1CN2C1CCCC1. The summed E-state index contributed by atoms with van der Waals surface area (Å²) in [7, 11) is -2.37. The van der Waals surface area contributed by atoms with Gasteiger partial charge in [0.2, 0.25) is 0 Å². The number of hydrogen-bond donors (Lipinski definition) is 0. The molecule has 2 aliphatic heterocycles. The van der Waals surface area contributed by atoms with Gasteiger partial charge in [-0.1, -0.05) is 45.7 Å². The molecule has 1 aromatic carbocycles. The molecule has 3 atom stereocenters. The number of likely N-dealkylation sites (tertiary alicyclic amines) is 1. The van der Waals surface area contributed by atoms with E-state index in [4.69, 9.17) is 0 Å². The van der Waals surface area contributed by atoms with Gasteiger partial charge >= 0.3 is 0 Å². The van der Waals surface area contributed by atoms with Crippen molar-refractivity contribution in [3.63, 3.8) is 0 Å². The molecule has 2 bridgehead atoms. The van der Waals surface area contributed by atoms with E-state index in [0.717, 1.165) is 24.0 Å². The van der Waals surface area contributed by atoms with Crippen molar-refractivity contribution < 1.29 is 4.21 Å². The Hall–Kier alpha value is -0.840. The molecular formula is C21H32N2OS. The average Bonchev–Trinajstić information content (AvgIpc) is 3.30. The maximum absolute atomic E-state index is 13.6. The fourth-order valence-electron chi connectivity index (χ4n) is 5.01. The lowest BCUT2D eigenvalue weighted by molar-refractivity contribution is 0.133. The Labute approximate surface area is 153 Å². The molecule has 4 rings (SSSR count). The number of rotatable bonds is 3. The summed E-state index contributed by atoms with van der Waals surface area (Å²) in [5.41, 5.74) is 1.40. The molecule has 0 N–H and O–H groups in total. The van der Waals surface area contributed by atoms with Crippen molar-refractivity contribution in [3.05, 3.63) is 29.8 Å². The zero-order chi connectivity index (χ0) is 17.8. The van der Waals surface area contributed by atoms with Crippen molar-refractivity contribution in [1.82, 2.24) is 9.21 Å². The van der Waals surface area contributed by atoms with Crippen LogP contribution in [0.15, 0.2) is 29.2 Å². The Morgan fingerprint density at radius 2 is 1.64 bits per heavy atom. The van der Waals surface area contributed by atoms with Crippen LogP contribution in [0, 0.1) is 0 Å². The van der Waals surface area contributed by atoms with E-state index >= 15 is 0 Å². The molecule has 1 aromatic rings. The fraction of sp³-hybridized carbons (Fsp3) is 0.667. The van der Waals surface area contributed by atoms with Crippen LogP contribution >= 0.6 is 0 Å². The van der Waals surface area contributed by atoms with Crippen molar-refractivity contribution in [2.45, 2.75) is 81.3 Å². The summed E-state index contributed by atoms with van der Waals surface area (Å²) in [6.45, 7) is 8.63. The first-order valence-corrected chi connectivity index (χ1v) is 11.5.